The van der Waals surface area contributed by atoms with Gasteiger partial charge >= 0.3 is 10.2 Å². The molecule has 0 radical (unpaired) electrons. The predicted octanol–water partition coefficient (Wildman–Crippen LogP) is 4.11. The molecule has 2 aromatic carbocycles. The maximum absolute atomic E-state index is 14.5. The number of anilines is 1. The summed E-state index contributed by atoms with van der Waals surface area (Å²) in [5.41, 5.74) is 0.310. The molecule has 1 saturated heterocycles. The van der Waals surface area contributed by atoms with E-state index >= 15 is 0 Å². The first-order valence-corrected chi connectivity index (χ1v) is 11.2. The van der Waals surface area contributed by atoms with Crippen LogP contribution in [0.15, 0.2) is 30.3 Å². The maximum atomic E-state index is 14.5. The van der Waals surface area contributed by atoms with Gasteiger partial charge < -0.3 is 4.74 Å². The monoisotopic (exact) mass is 450 g/mol. The normalized spacial score (nSPS) is 17.2. The summed E-state index contributed by atoms with van der Waals surface area (Å²) in [7, 11) is -4.10. The number of alkyl halides is 1. The molecule has 1 aliphatic heterocycles. The lowest BCUT2D eigenvalue weighted by Crippen LogP contribution is -2.34. The molecule has 0 aliphatic carbocycles. The number of ether oxygens (including phenoxy) is 1. The van der Waals surface area contributed by atoms with Gasteiger partial charge in [-0.15, -0.1) is 11.3 Å². The number of hydrogen-bond donors (Lipinski definition) is 1. The Labute approximate surface area is 175 Å². The van der Waals surface area contributed by atoms with E-state index in [-0.39, 0.29) is 36.5 Å². The van der Waals surface area contributed by atoms with Gasteiger partial charge in [-0.25, -0.2) is 13.8 Å². The van der Waals surface area contributed by atoms with Crippen molar-refractivity contribution in [2.75, 3.05) is 17.8 Å². The minimum atomic E-state index is -4.10. The number of rotatable bonds is 5. The second kappa shape index (κ2) is 7.79. The SMILES string of the molecule is Cc1nc2ccc(Oc3c(F)ccc(NS(=O)(=O)N4CC[C@@H](F)C4)c3C#N)cc2s1. The summed E-state index contributed by atoms with van der Waals surface area (Å²) in [5.74, 6) is -0.940. The van der Waals surface area contributed by atoms with Gasteiger partial charge in [0.25, 0.3) is 0 Å². The molecule has 0 bridgehead atoms. The van der Waals surface area contributed by atoms with Crippen molar-refractivity contribution in [3.63, 3.8) is 0 Å². The third kappa shape index (κ3) is 3.94. The molecule has 0 spiro atoms. The van der Waals surface area contributed by atoms with Crippen LogP contribution in [0, 0.1) is 24.1 Å². The van der Waals surface area contributed by atoms with E-state index < -0.39 is 27.9 Å². The van der Waals surface area contributed by atoms with Crippen LogP contribution < -0.4 is 9.46 Å². The molecule has 7 nitrogen and oxygen atoms in total. The molecule has 1 atom stereocenters. The van der Waals surface area contributed by atoms with Crippen LogP contribution in [0.25, 0.3) is 10.2 Å². The molecule has 0 amide bonds. The van der Waals surface area contributed by atoms with Crippen molar-refractivity contribution < 1.29 is 21.9 Å². The van der Waals surface area contributed by atoms with Gasteiger partial charge in [-0.1, -0.05) is 0 Å². The molecular formula is C19H16F2N4O3S2. The third-order valence-electron chi connectivity index (χ3n) is 4.58. The standard InChI is InChI=1S/C19H16F2N4O3S2/c1-11-23-17-4-2-13(8-18(17)29-11)28-19-14(9-22)16(5-3-15(19)21)24-30(26,27)25-7-6-12(20)10-25/h2-5,8,12,24H,6-7,10H2,1H3/t12-/m1/s1. The summed E-state index contributed by atoms with van der Waals surface area (Å²) in [6.07, 6.45) is -1.14. The first-order valence-electron chi connectivity index (χ1n) is 8.96. The molecule has 0 saturated carbocycles. The number of thiazole rings is 1. The molecule has 1 aromatic heterocycles. The van der Waals surface area contributed by atoms with Gasteiger partial charge in [0, 0.05) is 19.2 Å². The van der Waals surface area contributed by atoms with Crippen LogP contribution in [0.5, 0.6) is 11.5 Å². The number of hydrogen-bond acceptors (Lipinski definition) is 6. The second-order valence-corrected chi connectivity index (χ2v) is 9.63. The molecule has 1 N–H and O–H groups in total. The van der Waals surface area contributed by atoms with E-state index in [1.54, 1.807) is 24.3 Å². The Morgan fingerprint density at radius 2 is 2.17 bits per heavy atom. The zero-order valence-electron chi connectivity index (χ0n) is 15.7. The molecule has 156 valence electrons. The van der Waals surface area contributed by atoms with E-state index in [9.17, 15) is 22.5 Å². The van der Waals surface area contributed by atoms with Gasteiger partial charge in [0.1, 0.15) is 23.6 Å². The van der Waals surface area contributed by atoms with E-state index in [4.69, 9.17) is 4.74 Å². The Hall–Kier alpha value is -2.81. The van der Waals surface area contributed by atoms with Gasteiger partial charge in [0.05, 0.1) is 20.9 Å². The van der Waals surface area contributed by atoms with Gasteiger partial charge in [0.15, 0.2) is 11.6 Å². The van der Waals surface area contributed by atoms with Crippen LogP contribution in [-0.4, -0.2) is 37.0 Å². The van der Waals surface area contributed by atoms with E-state index in [1.165, 1.54) is 11.3 Å². The Kier molecular flexibility index (Phi) is 5.31. The highest BCUT2D eigenvalue weighted by Crippen LogP contribution is 2.35. The Morgan fingerprint density at radius 3 is 2.87 bits per heavy atom. The van der Waals surface area contributed by atoms with Gasteiger partial charge in [-0.2, -0.15) is 18.0 Å². The van der Waals surface area contributed by atoms with Crippen molar-refractivity contribution in [3.8, 4) is 17.6 Å². The molecule has 30 heavy (non-hydrogen) atoms. The summed E-state index contributed by atoms with van der Waals surface area (Å²) in [5, 5.41) is 10.4. The number of nitrogens with one attached hydrogen (secondary N) is 1. The molecule has 4 rings (SSSR count). The van der Waals surface area contributed by atoms with Crippen molar-refractivity contribution >= 4 is 37.5 Å². The molecule has 0 unspecified atom stereocenters. The fourth-order valence-corrected chi connectivity index (χ4v) is 5.30. The highest BCUT2D eigenvalue weighted by Gasteiger charge is 2.32. The predicted molar refractivity (Wildman–Crippen MR) is 109 cm³/mol. The molecule has 1 aliphatic rings. The molecule has 1 fully saturated rings. The fourth-order valence-electron chi connectivity index (χ4n) is 3.16. The molecule has 2 heterocycles. The van der Waals surface area contributed by atoms with Crippen molar-refractivity contribution in [2.24, 2.45) is 0 Å². The highest BCUT2D eigenvalue weighted by atomic mass is 32.2. The average molecular weight is 450 g/mol. The van der Waals surface area contributed by atoms with E-state index in [1.807, 2.05) is 6.92 Å². The van der Waals surface area contributed by atoms with Crippen LogP contribution in [0.3, 0.4) is 0 Å². The van der Waals surface area contributed by atoms with Crippen LogP contribution in [-0.2, 0) is 10.2 Å². The van der Waals surface area contributed by atoms with Crippen molar-refractivity contribution in [2.45, 2.75) is 19.5 Å². The van der Waals surface area contributed by atoms with Gasteiger partial charge in [-0.3, -0.25) is 4.72 Å². The number of nitrogens with zero attached hydrogens (tertiary/aromatic N) is 3. The third-order valence-corrected chi connectivity index (χ3v) is 7.00. The number of benzene rings is 2. The molecular weight excluding hydrogens is 434 g/mol. The van der Waals surface area contributed by atoms with Crippen molar-refractivity contribution in [1.29, 1.82) is 5.26 Å². The topological polar surface area (TPSA) is 95.3 Å². The van der Waals surface area contributed by atoms with E-state index in [0.717, 1.165) is 31.7 Å². The Balaban J connectivity index is 1.67. The fraction of sp³-hybridized carbons (Fsp3) is 0.263. The Bertz CT molecular complexity index is 1270. The first-order chi connectivity index (χ1) is 14.3. The average Bonchev–Trinajstić information content (AvgIpc) is 3.29. The van der Waals surface area contributed by atoms with Crippen LogP contribution in [0.4, 0.5) is 14.5 Å². The summed E-state index contributed by atoms with van der Waals surface area (Å²) in [6, 6.07) is 8.91. The van der Waals surface area contributed by atoms with Crippen LogP contribution in [0.1, 0.15) is 17.0 Å². The number of aryl methyl sites for hydroxylation is 1. The zero-order chi connectivity index (χ0) is 21.5. The molecule has 11 heteroatoms. The lowest BCUT2D eigenvalue weighted by molar-refractivity contribution is 0.343. The number of nitriles is 1. The number of aromatic nitrogens is 1. The summed E-state index contributed by atoms with van der Waals surface area (Å²) < 4.78 is 62.6. The second-order valence-electron chi connectivity index (χ2n) is 6.73. The smallest absolute Gasteiger partial charge is 0.301 e. The van der Waals surface area contributed by atoms with Gasteiger partial charge in [0.2, 0.25) is 0 Å². The number of fused-ring (bicyclic) bond motifs is 1. The number of halogens is 2. The summed E-state index contributed by atoms with van der Waals surface area (Å²) in [4.78, 5) is 4.34. The minimum absolute atomic E-state index is 0.0250. The zero-order valence-corrected chi connectivity index (χ0v) is 17.4. The van der Waals surface area contributed by atoms with Crippen molar-refractivity contribution in [3.05, 3.63) is 46.7 Å². The maximum Gasteiger partial charge on any atom is 0.301 e. The summed E-state index contributed by atoms with van der Waals surface area (Å²) in [6.45, 7) is 1.62. The highest BCUT2D eigenvalue weighted by molar-refractivity contribution is 7.90. The van der Waals surface area contributed by atoms with Crippen LogP contribution in [0.2, 0.25) is 0 Å². The molecule has 3 aromatic rings. The van der Waals surface area contributed by atoms with Crippen molar-refractivity contribution in [1.82, 2.24) is 9.29 Å². The lowest BCUT2D eigenvalue weighted by atomic mass is 10.1. The quantitative estimate of drug-likeness (QED) is 0.631. The minimum Gasteiger partial charge on any atom is -0.453 e. The van der Waals surface area contributed by atoms with Crippen LogP contribution >= 0.6 is 11.3 Å². The van der Waals surface area contributed by atoms with Gasteiger partial charge in [-0.05, 0) is 37.6 Å². The largest absolute Gasteiger partial charge is 0.453 e. The lowest BCUT2D eigenvalue weighted by Gasteiger charge is -2.18. The summed E-state index contributed by atoms with van der Waals surface area (Å²) >= 11 is 1.44. The van der Waals surface area contributed by atoms with E-state index in [0.29, 0.717) is 0 Å². The first kappa shape index (κ1) is 20.5. The van der Waals surface area contributed by atoms with E-state index in [2.05, 4.69) is 9.71 Å². The Morgan fingerprint density at radius 1 is 1.37 bits per heavy atom.